The lowest BCUT2D eigenvalue weighted by atomic mass is 10.1. The molecule has 0 fully saturated rings. The molecule has 2 N–H and O–H groups in total. The molecule has 0 aliphatic carbocycles. The molecule has 0 aliphatic heterocycles. The van der Waals surface area contributed by atoms with Crippen LogP contribution in [0.25, 0.3) is 10.8 Å². The number of anilines is 2. The molecular weight excluding hydrogens is 559 g/mol. The summed E-state index contributed by atoms with van der Waals surface area (Å²) in [4.78, 5) is 10.6. The van der Waals surface area contributed by atoms with Crippen molar-refractivity contribution < 1.29 is 32.7 Å². The van der Waals surface area contributed by atoms with Crippen LogP contribution in [0.4, 0.5) is 23.0 Å². The molecule has 0 radical (unpaired) electrons. The van der Waals surface area contributed by atoms with E-state index in [-0.39, 0.29) is 43.6 Å². The van der Waals surface area contributed by atoms with Gasteiger partial charge in [-0.15, -0.1) is 9.45 Å². The number of nitrogens with zero attached hydrogens (tertiary/aromatic N) is 5. The van der Waals surface area contributed by atoms with Crippen LogP contribution < -0.4 is 10.4 Å². The van der Waals surface area contributed by atoms with E-state index in [1.807, 2.05) is 0 Å². The molecule has 0 atom stereocenters. The molecule has 0 aliphatic rings. The van der Waals surface area contributed by atoms with Gasteiger partial charge in [0.25, 0.3) is 0 Å². The second-order valence-corrected chi connectivity index (χ2v) is 9.46. The Kier molecular flexibility index (Phi) is 7.82. The smallest absolute Gasteiger partial charge is 0.232 e. The average Bonchev–Trinajstić information content (AvgIpc) is 2.81. The first-order valence-corrected chi connectivity index (χ1v) is 12.3. The van der Waals surface area contributed by atoms with Crippen molar-refractivity contribution in [1.82, 2.24) is 15.0 Å². The number of hydrogen-bond acceptors (Lipinski definition) is 14. The van der Waals surface area contributed by atoms with Crippen LogP contribution >= 0.6 is 35.2 Å². The number of aromatic nitrogens is 3. The fourth-order valence-corrected chi connectivity index (χ4v) is 4.39. The quantitative estimate of drug-likeness (QED) is 0.0960. The summed E-state index contributed by atoms with van der Waals surface area (Å²) >= 11 is 12.0. The summed E-state index contributed by atoms with van der Waals surface area (Å²) < 4.78 is 39.8. The molecule has 4 aromatic rings. The monoisotopic (exact) mass is 568 g/mol. The average molecular weight is 569 g/mol. The number of nitrogens with one attached hydrogen (secondary N) is 1. The molecular formula is C19H10Cl2N6O7S2-2. The lowest BCUT2D eigenvalue weighted by molar-refractivity contribution is -0.432. The largest absolute Gasteiger partial charge is 0.870 e. The summed E-state index contributed by atoms with van der Waals surface area (Å²) in [6.07, 6.45) is 0. The van der Waals surface area contributed by atoms with Gasteiger partial charge in [-0.05, 0) is 64.3 Å². The fourth-order valence-electron chi connectivity index (χ4n) is 3.00. The second kappa shape index (κ2) is 10.9. The minimum atomic E-state index is -4.97. The Balaban J connectivity index is 1.97. The van der Waals surface area contributed by atoms with E-state index < -0.39 is 20.8 Å². The van der Waals surface area contributed by atoms with Gasteiger partial charge in [0.05, 0.1) is 33.2 Å². The van der Waals surface area contributed by atoms with E-state index in [0.29, 0.717) is 17.7 Å². The highest BCUT2D eigenvalue weighted by Crippen LogP contribution is 2.46. The van der Waals surface area contributed by atoms with E-state index >= 15 is 0 Å². The van der Waals surface area contributed by atoms with Crippen LogP contribution in [0.1, 0.15) is 0 Å². The van der Waals surface area contributed by atoms with Crippen LogP contribution in [-0.2, 0) is 19.5 Å². The van der Waals surface area contributed by atoms with Crippen LogP contribution in [-0.4, -0.2) is 33.2 Å². The van der Waals surface area contributed by atoms with Crippen LogP contribution in [0.15, 0.2) is 68.6 Å². The Morgan fingerprint density at radius 1 is 1.03 bits per heavy atom. The van der Waals surface area contributed by atoms with Crippen LogP contribution in [0, 0.1) is 0 Å². The van der Waals surface area contributed by atoms with Gasteiger partial charge in [0.2, 0.25) is 16.5 Å². The molecule has 36 heavy (non-hydrogen) atoms. The molecule has 0 amide bonds. The highest BCUT2D eigenvalue weighted by molar-refractivity contribution is 7.94. The molecule has 0 spiro atoms. The van der Waals surface area contributed by atoms with E-state index in [2.05, 4.69) is 39.9 Å². The van der Waals surface area contributed by atoms with Crippen molar-refractivity contribution in [2.24, 2.45) is 10.2 Å². The molecule has 1 heterocycles. The molecule has 4 rings (SSSR count). The standard InChI is InChI=1S/C19H12Cl2N6O7S2/c20-17-23-18(21)25-19(24-17)22-12-8-11(36(30,31)32)6-9-7-13(35-34-33-29)15(16(28)14(9)12)27-26-10-4-2-1-3-5-10/h1-8,28-29H,(H,30,31,32)(H,22,23,24,25)/p-2. The predicted molar refractivity (Wildman–Crippen MR) is 126 cm³/mol. The summed E-state index contributed by atoms with van der Waals surface area (Å²) in [6.45, 7) is 0. The van der Waals surface area contributed by atoms with Crippen molar-refractivity contribution >= 4 is 79.1 Å². The lowest BCUT2D eigenvalue weighted by Crippen LogP contribution is -2.05. The van der Waals surface area contributed by atoms with Gasteiger partial charge in [0.15, 0.2) is 0 Å². The van der Waals surface area contributed by atoms with Gasteiger partial charge in [-0.2, -0.15) is 20.1 Å². The van der Waals surface area contributed by atoms with Gasteiger partial charge in [0, 0.05) is 5.69 Å². The molecule has 3 aromatic carbocycles. The van der Waals surface area contributed by atoms with Gasteiger partial charge in [-0.25, -0.2) is 13.7 Å². The fraction of sp³-hybridized carbons (Fsp3) is 0. The second-order valence-electron chi connectivity index (χ2n) is 6.66. The first-order valence-electron chi connectivity index (χ1n) is 9.39. The van der Waals surface area contributed by atoms with E-state index in [1.54, 1.807) is 30.3 Å². The predicted octanol–water partition coefficient (Wildman–Crippen LogP) is 4.90. The van der Waals surface area contributed by atoms with E-state index in [9.17, 15) is 18.1 Å². The Labute approximate surface area is 216 Å². The highest BCUT2D eigenvalue weighted by Gasteiger charge is 2.17. The number of rotatable bonds is 8. The zero-order valence-electron chi connectivity index (χ0n) is 17.3. The Morgan fingerprint density at radius 3 is 2.36 bits per heavy atom. The number of fused-ring (bicyclic) bond motifs is 1. The van der Waals surface area contributed by atoms with Gasteiger partial charge < -0.3 is 15.0 Å². The number of hydrogen-bond donors (Lipinski definition) is 2. The van der Waals surface area contributed by atoms with E-state index in [1.165, 1.54) is 6.07 Å². The van der Waals surface area contributed by atoms with Gasteiger partial charge in [0.1, 0.15) is 10.1 Å². The molecule has 186 valence electrons. The van der Waals surface area contributed by atoms with Gasteiger partial charge in [-0.3, -0.25) is 0 Å². The molecule has 0 saturated heterocycles. The molecule has 1 aromatic heterocycles. The molecule has 17 heteroatoms. The van der Waals surface area contributed by atoms with E-state index in [4.69, 9.17) is 28.5 Å². The lowest BCUT2D eigenvalue weighted by Gasteiger charge is -2.21. The first kappa shape index (κ1) is 25.9. The van der Waals surface area contributed by atoms with Crippen molar-refractivity contribution in [3.63, 3.8) is 0 Å². The maximum Gasteiger partial charge on any atom is 0.232 e. The van der Waals surface area contributed by atoms with Crippen molar-refractivity contribution in [3.05, 3.63) is 59.1 Å². The van der Waals surface area contributed by atoms with Crippen molar-refractivity contribution in [2.75, 3.05) is 5.32 Å². The summed E-state index contributed by atoms with van der Waals surface area (Å²) in [7, 11) is -4.97. The molecule has 0 unspecified atom stereocenters. The van der Waals surface area contributed by atoms with Crippen molar-refractivity contribution in [1.29, 1.82) is 0 Å². The van der Waals surface area contributed by atoms with E-state index in [0.717, 1.165) is 12.1 Å². The van der Waals surface area contributed by atoms with Crippen molar-refractivity contribution in [3.8, 4) is 5.75 Å². The molecule has 0 bridgehead atoms. The maximum absolute atomic E-state index is 13.5. The third kappa shape index (κ3) is 5.97. The molecule has 13 nitrogen and oxygen atoms in total. The zero-order valence-corrected chi connectivity index (χ0v) is 20.5. The SMILES string of the molecule is O=S(=O)([O-])c1cc(Nc2nc(Cl)nc(Cl)n2)c2c([O-])c(N=Nc3ccccc3)c(SOOO)cc2c1. The minimum Gasteiger partial charge on any atom is -0.870 e. The first-order chi connectivity index (χ1) is 17.2. The van der Waals surface area contributed by atoms with Crippen LogP contribution in [0.5, 0.6) is 5.75 Å². The highest BCUT2D eigenvalue weighted by atomic mass is 35.5. The van der Waals surface area contributed by atoms with Gasteiger partial charge >= 0.3 is 0 Å². The maximum atomic E-state index is 13.5. The number of halogens is 2. The summed E-state index contributed by atoms with van der Waals surface area (Å²) in [5.41, 5.74) is 0.00563. The number of azo groups is 1. The summed E-state index contributed by atoms with van der Waals surface area (Å²) in [5.74, 6) is -0.983. The Hall–Kier alpha value is -3.15. The minimum absolute atomic E-state index is 0.00613. The summed E-state index contributed by atoms with van der Waals surface area (Å²) in [6, 6.07) is 11.7. The van der Waals surface area contributed by atoms with Crippen LogP contribution in [0.3, 0.4) is 0 Å². The van der Waals surface area contributed by atoms with Gasteiger partial charge in [-0.1, -0.05) is 29.0 Å². The Morgan fingerprint density at radius 2 is 1.72 bits per heavy atom. The third-order valence-corrected chi connectivity index (χ3v) is 6.17. The third-order valence-electron chi connectivity index (χ3n) is 4.40. The van der Waals surface area contributed by atoms with Crippen molar-refractivity contribution in [2.45, 2.75) is 9.79 Å². The number of benzene rings is 3. The molecule has 0 saturated carbocycles. The Bertz CT molecular complexity index is 1560. The topological polar surface area (TPSA) is 194 Å². The zero-order chi connectivity index (χ0) is 25.9. The normalized spacial score (nSPS) is 11.9. The van der Waals surface area contributed by atoms with Crippen LogP contribution in [0.2, 0.25) is 10.6 Å². The summed E-state index contributed by atoms with van der Waals surface area (Å²) in [5, 5.41) is 35.7.